The van der Waals surface area contributed by atoms with Gasteiger partial charge in [-0.05, 0) is 31.0 Å². The average Bonchev–Trinajstić information content (AvgIpc) is 2.81. The molecule has 0 aromatic rings. The Morgan fingerprint density at radius 3 is 2.73 bits per heavy atom. The second-order valence-electron chi connectivity index (χ2n) is 2.79. The molecule has 1 atom stereocenters. The lowest BCUT2D eigenvalue weighted by atomic mass is 10.1. The number of aliphatic hydroxyl groups excluding tert-OH is 1. The van der Waals surface area contributed by atoms with Crippen LogP contribution in [0.5, 0.6) is 0 Å². The molecule has 0 aliphatic heterocycles. The first-order valence-electron chi connectivity index (χ1n) is 3.82. The van der Waals surface area contributed by atoms with Gasteiger partial charge >= 0.3 is 0 Å². The molecular weight excluding hydrogens is 140 g/mol. The van der Waals surface area contributed by atoms with Crippen molar-refractivity contribution in [3.05, 3.63) is 12.3 Å². The zero-order valence-electron chi connectivity index (χ0n) is 6.70. The molecular formula is C8H14N2O. The minimum Gasteiger partial charge on any atom is -0.405 e. The quantitative estimate of drug-likeness (QED) is 0.574. The molecule has 1 saturated carbocycles. The first kappa shape index (κ1) is 8.27. The minimum atomic E-state index is -0.403. The third-order valence-corrected chi connectivity index (χ3v) is 1.90. The largest absolute Gasteiger partial charge is 0.405 e. The Balaban J connectivity index is 2.53. The molecule has 1 unspecified atom stereocenters. The van der Waals surface area contributed by atoms with E-state index in [-0.39, 0.29) is 0 Å². The molecule has 3 N–H and O–H groups in total. The lowest BCUT2D eigenvalue weighted by Crippen LogP contribution is -2.20. The Kier molecular flexibility index (Phi) is 2.65. The summed E-state index contributed by atoms with van der Waals surface area (Å²) < 4.78 is 0. The molecule has 1 fully saturated rings. The maximum Gasteiger partial charge on any atom is 0.0983 e. The number of nitrogens with two attached hydrogens (primary N) is 1. The van der Waals surface area contributed by atoms with E-state index in [1.165, 1.54) is 6.20 Å². The van der Waals surface area contributed by atoms with Crippen LogP contribution in [0.3, 0.4) is 0 Å². The van der Waals surface area contributed by atoms with Crippen molar-refractivity contribution in [1.82, 2.24) is 0 Å². The van der Waals surface area contributed by atoms with Crippen LogP contribution in [0.2, 0.25) is 0 Å². The molecule has 1 aliphatic rings. The van der Waals surface area contributed by atoms with Crippen molar-refractivity contribution in [2.75, 3.05) is 7.05 Å². The van der Waals surface area contributed by atoms with E-state index in [1.54, 1.807) is 13.1 Å². The SMILES string of the molecule is CN=C(C=CN)C(O)C1CC1. The van der Waals surface area contributed by atoms with E-state index in [2.05, 4.69) is 4.99 Å². The maximum absolute atomic E-state index is 9.54. The van der Waals surface area contributed by atoms with Gasteiger partial charge in [-0.3, -0.25) is 4.99 Å². The normalized spacial score (nSPS) is 22.5. The Morgan fingerprint density at radius 2 is 2.36 bits per heavy atom. The molecule has 0 spiro atoms. The van der Waals surface area contributed by atoms with Gasteiger partial charge in [0, 0.05) is 7.05 Å². The van der Waals surface area contributed by atoms with Gasteiger partial charge in [-0.25, -0.2) is 0 Å². The summed E-state index contributed by atoms with van der Waals surface area (Å²) in [6, 6.07) is 0. The predicted octanol–water partition coefficient (Wildman–Crippen LogP) is 0.300. The van der Waals surface area contributed by atoms with Gasteiger partial charge in [0.15, 0.2) is 0 Å². The molecule has 0 heterocycles. The highest BCUT2D eigenvalue weighted by molar-refractivity contribution is 5.98. The van der Waals surface area contributed by atoms with Gasteiger partial charge in [-0.2, -0.15) is 0 Å². The van der Waals surface area contributed by atoms with Gasteiger partial charge in [0.25, 0.3) is 0 Å². The van der Waals surface area contributed by atoms with Gasteiger partial charge in [-0.15, -0.1) is 0 Å². The smallest absolute Gasteiger partial charge is 0.0983 e. The van der Waals surface area contributed by atoms with Gasteiger partial charge in [0.1, 0.15) is 0 Å². The molecule has 1 rings (SSSR count). The van der Waals surface area contributed by atoms with Crippen molar-refractivity contribution in [3.8, 4) is 0 Å². The lowest BCUT2D eigenvalue weighted by molar-refractivity contribution is 0.219. The van der Waals surface area contributed by atoms with Crippen molar-refractivity contribution in [3.63, 3.8) is 0 Å². The summed E-state index contributed by atoms with van der Waals surface area (Å²) in [7, 11) is 1.67. The number of aliphatic imine (C=N–C) groups is 1. The van der Waals surface area contributed by atoms with Gasteiger partial charge in [0.2, 0.25) is 0 Å². The Hall–Kier alpha value is -0.830. The van der Waals surface area contributed by atoms with Crippen LogP contribution in [-0.2, 0) is 0 Å². The lowest BCUT2D eigenvalue weighted by Gasteiger charge is -2.07. The first-order chi connectivity index (χ1) is 5.29. The summed E-state index contributed by atoms with van der Waals surface area (Å²) in [6.45, 7) is 0. The molecule has 0 aromatic carbocycles. The number of hydrogen-bond acceptors (Lipinski definition) is 3. The second kappa shape index (κ2) is 3.53. The Labute approximate surface area is 66.6 Å². The summed E-state index contributed by atoms with van der Waals surface area (Å²) in [4.78, 5) is 3.94. The molecule has 62 valence electrons. The Bertz CT molecular complexity index is 183. The third kappa shape index (κ3) is 2.05. The average molecular weight is 154 g/mol. The highest BCUT2D eigenvalue weighted by Crippen LogP contribution is 2.33. The van der Waals surface area contributed by atoms with Gasteiger partial charge in [-0.1, -0.05) is 0 Å². The summed E-state index contributed by atoms with van der Waals surface area (Å²) >= 11 is 0. The van der Waals surface area contributed by atoms with E-state index >= 15 is 0 Å². The molecule has 3 heteroatoms. The van der Waals surface area contributed by atoms with Crippen LogP contribution in [0.4, 0.5) is 0 Å². The summed E-state index contributed by atoms with van der Waals surface area (Å²) in [6.07, 6.45) is 4.88. The zero-order valence-corrected chi connectivity index (χ0v) is 6.70. The Morgan fingerprint density at radius 1 is 1.73 bits per heavy atom. The molecule has 0 bridgehead atoms. The van der Waals surface area contributed by atoms with Crippen molar-refractivity contribution in [2.45, 2.75) is 18.9 Å². The molecule has 0 aromatic heterocycles. The fraction of sp³-hybridized carbons (Fsp3) is 0.625. The maximum atomic E-state index is 9.54. The fourth-order valence-electron chi connectivity index (χ4n) is 1.06. The van der Waals surface area contributed by atoms with E-state index in [9.17, 15) is 5.11 Å². The van der Waals surface area contributed by atoms with Crippen LogP contribution in [0.25, 0.3) is 0 Å². The predicted molar refractivity (Wildman–Crippen MR) is 45.4 cm³/mol. The highest BCUT2D eigenvalue weighted by atomic mass is 16.3. The first-order valence-corrected chi connectivity index (χ1v) is 3.82. The van der Waals surface area contributed by atoms with E-state index in [0.717, 1.165) is 12.8 Å². The molecule has 11 heavy (non-hydrogen) atoms. The molecule has 0 radical (unpaired) electrons. The second-order valence-corrected chi connectivity index (χ2v) is 2.79. The zero-order chi connectivity index (χ0) is 8.27. The van der Waals surface area contributed by atoms with Gasteiger partial charge in [0.05, 0.1) is 11.8 Å². The van der Waals surface area contributed by atoms with E-state index in [1.807, 2.05) is 0 Å². The van der Waals surface area contributed by atoms with Crippen molar-refractivity contribution in [1.29, 1.82) is 0 Å². The minimum absolute atomic E-state index is 0.403. The highest BCUT2D eigenvalue weighted by Gasteiger charge is 2.31. The van der Waals surface area contributed by atoms with Crippen molar-refractivity contribution >= 4 is 5.71 Å². The third-order valence-electron chi connectivity index (χ3n) is 1.90. The van der Waals surface area contributed by atoms with Crippen LogP contribution < -0.4 is 5.73 Å². The van der Waals surface area contributed by atoms with Crippen LogP contribution in [0.1, 0.15) is 12.8 Å². The fourth-order valence-corrected chi connectivity index (χ4v) is 1.06. The number of nitrogens with zero attached hydrogens (tertiary/aromatic N) is 1. The topological polar surface area (TPSA) is 58.6 Å². The summed E-state index contributed by atoms with van der Waals surface area (Å²) in [5, 5.41) is 9.54. The number of rotatable bonds is 3. The molecule has 0 saturated heterocycles. The van der Waals surface area contributed by atoms with E-state index in [0.29, 0.717) is 11.6 Å². The summed E-state index contributed by atoms with van der Waals surface area (Å²) in [5.41, 5.74) is 5.88. The van der Waals surface area contributed by atoms with Crippen LogP contribution in [0.15, 0.2) is 17.3 Å². The molecule has 1 aliphatic carbocycles. The molecule has 3 nitrogen and oxygen atoms in total. The monoisotopic (exact) mass is 154 g/mol. The van der Waals surface area contributed by atoms with Crippen LogP contribution >= 0.6 is 0 Å². The summed E-state index contributed by atoms with van der Waals surface area (Å²) in [5.74, 6) is 0.421. The standard InChI is InChI=1S/C8H14N2O/c1-10-7(4-5-9)8(11)6-2-3-6/h4-6,8,11H,2-3,9H2,1H3. The van der Waals surface area contributed by atoms with Crippen LogP contribution in [-0.4, -0.2) is 24.0 Å². The van der Waals surface area contributed by atoms with Crippen LogP contribution in [0, 0.1) is 5.92 Å². The van der Waals surface area contributed by atoms with Crippen molar-refractivity contribution in [2.24, 2.45) is 16.6 Å². The van der Waals surface area contributed by atoms with Crippen molar-refractivity contribution < 1.29 is 5.11 Å². The van der Waals surface area contributed by atoms with E-state index < -0.39 is 6.10 Å². The number of hydrogen-bond donors (Lipinski definition) is 2. The van der Waals surface area contributed by atoms with E-state index in [4.69, 9.17) is 5.73 Å². The number of aliphatic hydroxyl groups is 1. The van der Waals surface area contributed by atoms with Gasteiger partial charge < -0.3 is 10.8 Å². The molecule has 0 amide bonds.